The van der Waals surface area contributed by atoms with Crippen LogP contribution in [-0.4, -0.2) is 32.3 Å². The van der Waals surface area contributed by atoms with Crippen LogP contribution in [0.2, 0.25) is 0 Å². The number of phenols is 1. The number of anilines is 1. The lowest BCUT2D eigenvalue weighted by Gasteiger charge is -2.12. The number of ether oxygens (including phenoxy) is 3. The van der Waals surface area contributed by atoms with E-state index in [4.69, 9.17) is 14.2 Å². The summed E-state index contributed by atoms with van der Waals surface area (Å²) in [6, 6.07) is 14.3. The van der Waals surface area contributed by atoms with Gasteiger partial charge in [-0.1, -0.05) is 30.4 Å². The van der Waals surface area contributed by atoms with Crippen LogP contribution < -0.4 is 19.5 Å². The second-order valence-corrected chi connectivity index (χ2v) is 6.94. The van der Waals surface area contributed by atoms with E-state index in [-0.39, 0.29) is 17.3 Å². The monoisotopic (exact) mass is 449 g/mol. The average Bonchev–Trinajstić information content (AvgIpc) is 2.83. The summed E-state index contributed by atoms with van der Waals surface area (Å²) in [7, 11) is 4.63. The molecule has 3 aromatic carbocycles. The van der Waals surface area contributed by atoms with Crippen molar-refractivity contribution in [3.63, 3.8) is 0 Å². The Hall–Kier alpha value is -4.26. The van der Waals surface area contributed by atoms with Crippen LogP contribution in [0.3, 0.4) is 0 Å². The molecule has 0 saturated carbocycles. The number of carbonyl (C=O) groups is 1. The Morgan fingerprint density at radius 2 is 1.42 bits per heavy atom. The number of phenolic OH excluding ortho intramolecular Hbond substituents is 1. The predicted molar refractivity (Wildman–Crippen MR) is 127 cm³/mol. The van der Waals surface area contributed by atoms with Crippen molar-refractivity contribution >= 4 is 29.8 Å². The van der Waals surface area contributed by atoms with E-state index in [0.717, 1.165) is 11.1 Å². The minimum Gasteiger partial charge on any atom is -0.506 e. The second-order valence-electron chi connectivity index (χ2n) is 6.94. The Morgan fingerprint density at radius 1 is 0.818 bits per heavy atom. The van der Waals surface area contributed by atoms with Gasteiger partial charge in [-0.3, -0.25) is 4.79 Å². The van der Waals surface area contributed by atoms with Gasteiger partial charge < -0.3 is 24.6 Å². The SMILES string of the molecule is COc1cc(/C=C/c2ccc(NC(=O)/C=C/c3ccc(F)cc3)c(O)c2)cc(OC)c1OC. The molecule has 3 aromatic rings. The number of rotatable bonds is 8. The molecular formula is C26H24FNO5. The Labute approximate surface area is 191 Å². The van der Waals surface area contributed by atoms with Gasteiger partial charge in [-0.25, -0.2) is 4.39 Å². The molecule has 3 rings (SSSR count). The molecule has 0 radical (unpaired) electrons. The lowest BCUT2D eigenvalue weighted by Crippen LogP contribution is -2.07. The maximum atomic E-state index is 12.9. The normalized spacial score (nSPS) is 11.0. The Balaban J connectivity index is 1.71. The van der Waals surface area contributed by atoms with Crippen molar-refractivity contribution in [1.29, 1.82) is 0 Å². The maximum absolute atomic E-state index is 12.9. The lowest BCUT2D eigenvalue weighted by molar-refractivity contribution is -0.111. The topological polar surface area (TPSA) is 77.0 Å². The third kappa shape index (κ3) is 6.13. The highest BCUT2D eigenvalue weighted by atomic mass is 19.1. The number of hydrogen-bond donors (Lipinski definition) is 2. The first-order valence-electron chi connectivity index (χ1n) is 9.99. The number of aromatic hydroxyl groups is 1. The molecule has 6 nitrogen and oxygen atoms in total. The molecule has 1 amide bonds. The Bertz CT molecular complexity index is 1160. The minimum absolute atomic E-state index is 0.0782. The molecule has 2 N–H and O–H groups in total. The van der Waals surface area contributed by atoms with E-state index in [2.05, 4.69) is 5.32 Å². The van der Waals surface area contributed by atoms with Gasteiger partial charge in [0, 0.05) is 6.08 Å². The zero-order valence-electron chi connectivity index (χ0n) is 18.5. The van der Waals surface area contributed by atoms with Crippen LogP contribution in [0.4, 0.5) is 10.1 Å². The minimum atomic E-state index is -0.421. The van der Waals surface area contributed by atoms with E-state index in [0.29, 0.717) is 22.8 Å². The van der Waals surface area contributed by atoms with Crippen LogP contribution >= 0.6 is 0 Å². The van der Waals surface area contributed by atoms with Gasteiger partial charge in [0.1, 0.15) is 11.6 Å². The van der Waals surface area contributed by atoms with Crippen LogP contribution in [0.5, 0.6) is 23.0 Å². The number of benzene rings is 3. The van der Waals surface area contributed by atoms with Crippen LogP contribution in [0.25, 0.3) is 18.2 Å². The highest BCUT2D eigenvalue weighted by Crippen LogP contribution is 2.38. The molecule has 0 aliphatic rings. The van der Waals surface area contributed by atoms with E-state index in [1.54, 1.807) is 62.8 Å². The number of carbonyl (C=O) groups excluding carboxylic acids is 1. The highest BCUT2D eigenvalue weighted by molar-refractivity contribution is 6.02. The summed E-state index contributed by atoms with van der Waals surface area (Å²) >= 11 is 0. The van der Waals surface area contributed by atoms with Crippen LogP contribution in [0.1, 0.15) is 16.7 Å². The molecule has 0 aliphatic carbocycles. The fourth-order valence-electron chi connectivity index (χ4n) is 3.07. The quantitative estimate of drug-likeness (QED) is 0.274. The predicted octanol–water partition coefficient (Wildman–Crippen LogP) is 5.38. The fraction of sp³-hybridized carbons (Fsp3) is 0.115. The number of nitrogens with one attached hydrogen (secondary N) is 1. The van der Waals surface area contributed by atoms with Gasteiger partial charge in [-0.05, 0) is 59.2 Å². The first kappa shape index (κ1) is 23.4. The molecule has 0 saturated heterocycles. The largest absolute Gasteiger partial charge is 0.506 e. The van der Waals surface area contributed by atoms with Gasteiger partial charge in [0.25, 0.3) is 0 Å². The van der Waals surface area contributed by atoms with Crippen molar-refractivity contribution in [1.82, 2.24) is 0 Å². The summed E-state index contributed by atoms with van der Waals surface area (Å²) in [5.41, 5.74) is 2.49. The third-order valence-corrected chi connectivity index (χ3v) is 4.73. The maximum Gasteiger partial charge on any atom is 0.248 e. The zero-order chi connectivity index (χ0) is 23.8. The molecule has 0 aromatic heterocycles. The Kier molecular flexibility index (Phi) is 7.70. The molecule has 170 valence electrons. The molecule has 0 heterocycles. The molecule has 33 heavy (non-hydrogen) atoms. The zero-order valence-corrected chi connectivity index (χ0v) is 18.5. The number of halogens is 1. The molecule has 7 heteroatoms. The first-order chi connectivity index (χ1) is 15.9. The lowest BCUT2D eigenvalue weighted by atomic mass is 10.1. The van der Waals surface area contributed by atoms with Crippen LogP contribution in [0, 0.1) is 5.82 Å². The highest BCUT2D eigenvalue weighted by Gasteiger charge is 2.12. The van der Waals surface area contributed by atoms with Gasteiger partial charge in [0.05, 0.1) is 27.0 Å². The van der Waals surface area contributed by atoms with Gasteiger partial charge >= 0.3 is 0 Å². The third-order valence-electron chi connectivity index (χ3n) is 4.73. The molecule has 0 spiro atoms. The van der Waals surface area contributed by atoms with Crippen LogP contribution in [-0.2, 0) is 4.79 Å². The molecule has 0 fully saturated rings. The van der Waals surface area contributed by atoms with Crippen molar-refractivity contribution in [2.45, 2.75) is 0 Å². The fourth-order valence-corrected chi connectivity index (χ4v) is 3.07. The summed E-state index contributed by atoms with van der Waals surface area (Å²) in [6.07, 6.45) is 6.51. The van der Waals surface area contributed by atoms with Crippen molar-refractivity contribution in [2.24, 2.45) is 0 Å². The summed E-state index contributed by atoms with van der Waals surface area (Å²) in [5, 5.41) is 12.9. The van der Waals surface area contributed by atoms with Gasteiger partial charge in [0.15, 0.2) is 11.5 Å². The van der Waals surface area contributed by atoms with Crippen molar-refractivity contribution in [2.75, 3.05) is 26.6 Å². The molecule has 0 aliphatic heterocycles. The standard InChI is InChI=1S/C26H24FNO5/c1-31-23-15-19(16-24(32-2)26(23)33-3)5-4-18-8-12-21(22(29)14-18)28-25(30)13-9-17-6-10-20(27)11-7-17/h4-16,29H,1-3H3,(H,28,30)/b5-4+,13-9+. The van der Waals surface area contributed by atoms with E-state index < -0.39 is 5.91 Å². The van der Waals surface area contributed by atoms with Gasteiger partial charge in [-0.2, -0.15) is 0 Å². The first-order valence-corrected chi connectivity index (χ1v) is 9.99. The van der Waals surface area contributed by atoms with Crippen molar-refractivity contribution < 1.29 is 28.5 Å². The van der Waals surface area contributed by atoms with E-state index >= 15 is 0 Å². The van der Waals surface area contributed by atoms with E-state index in [9.17, 15) is 14.3 Å². The summed E-state index contributed by atoms with van der Waals surface area (Å²) < 4.78 is 29.0. The number of methoxy groups -OCH3 is 3. The average molecular weight is 449 g/mol. The molecule has 0 unspecified atom stereocenters. The summed E-state index contributed by atoms with van der Waals surface area (Å²) in [5.74, 6) is 0.724. The smallest absolute Gasteiger partial charge is 0.248 e. The van der Waals surface area contributed by atoms with Crippen molar-refractivity contribution in [3.8, 4) is 23.0 Å². The second kappa shape index (κ2) is 10.9. The number of hydrogen-bond acceptors (Lipinski definition) is 5. The molecule has 0 atom stereocenters. The van der Waals surface area contributed by atoms with Gasteiger partial charge in [-0.15, -0.1) is 0 Å². The Morgan fingerprint density at radius 3 is 2.00 bits per heavy atom. The van der Waals surface area contributed by atoms with E-state index in [1.807, 2.05) is 6.08 Å². The molecule has 0 bridgehead atoms. The summed E-state index contributed by atoms with van der Waals surface area (Å²) in [4.78, 5) is 12.1. The molecular weight excluding hydrogens is 425 g/mol. The van der Waals surface area contributed by atoms with Gasteiger partial charge in [0.2, 0.25) is 11.7 Å². The number of amides is 1. The van der Waals surface area contributed by atoms with Crippen molar-refractivity contribution in [3.05, 3.63) is 83.2 Å². The van der Waals surface area contributed by atoms with Crippen LogP contribution in [0.15, 0.2) is 60.7 Å². The van der Waals surface area contributed by atoms with E-state index in [1.165, 1.54) is 31.4 Å². The summed E-state index contributed by atoms with van der Waals surface area (Å²) in [6.45, 7) is 0.